The normalized spacial score (nSPS) is 12.9. The molecule has 27 heavy (non-hydrogen) atoms. The molecule has 0 N–H and O–H groups in total. The Hall–Kier alpha value is -2.40. The molecule has 0 amide bonds. The van der Waals surface area contributed by atoms with Crippen molar-refractivity contribution >= 4 is 11.8 Å². The van der Waals surface area contributed by atoms with Gasteiger partial charge in [-0.15, -0.1) is 11.8 Å². The van der Waals surface area contributed by atoms with Crippen molar-refractivity contribution < 1.29 is 4.39 Å². The molecule has 0 atom stereocenters. The first-order chi connectivity index (χ1) is 13.2. The standard InChI is InChI=1S/C22H21FN2OS/c23-18-11-9-17(10-12-18)15-27-21-19-7-4-8-20(19)25(22(26)24-21)14-13-16-5-2-1-3-6-16/h1-3,5-6,9-12H,4,7-8,13-15H2. The zero-order valence-corrected chi connectivity index (χ0v) is 15.8. The number of rotatable bonds is 6. The topological polar surface area (TPSA) is 34.9 Å². The molecular weight excluding hydrogens is 359 g/mol. The smallest absolute Gasteiger partial charge is 0.296 e. The summed E-state index contributed by atoms with van der Waals surface area (Å²) in [5.41, 5.74) is 4.46. The molecule has 1 aromatic heterocycles. The number of aromatic nitrogens is 2. The third-order valence-electron chi connectivity index (χ3n) is 4.96. The van der Waals surface area contributed by atoms with Crippen molar-refractivity contribution in [2.24, 2.45) is 0 Å². The summed E-state index contributed by atoms with van der Waals surface area (Å²) in [6, 6.07) is 16.7. The quantitative estimate of drug-likeness (QED) is 0.469. The van der Waals surface area contributed by atoms with Gasteiger partial charge in [0.2, 0.25) is 0 Å². The van der Waals surface area contributed by atoms with Crippen molar-refractivity contribution in [1.82, 2.24) is 9.55 Å². The molecule has 3 nitrogen and oxygen atoms in total. The van der Waals surface area contributed by atoms with Gasteiger partial charge in [0.15, 0.2) is 0 Å². The van der Waals surface area contributed by atoms with E-state index in [-0.39, 0.29) is 11.5 Å². The van der Waals surface area contributed by atoms with Crippen LogP contribution in [0.4, 0.5) is 4.39 Å². The largest absolute Gasteiger partial charge is 0.348 e. The minimum atomic E-state index is -0.233. The first-order valence-electron chi connectivity index (χ1n) is 9.24. The molecule has 1 aliphatic carbocycles. The Morgan fingerprint density at radius 3 is 2.56 bits per heavy atom. The van der Waals surface area contributed by atoms with E-state index in [1.165, 1.54) is 23.3 Å². The highest BCUT2D eigenvalue weighted by Crippen LogP contribution is 2.31. The molecule has 4 rings (SSSR count). The summed E-state index contributed by atoms with van der Waals surface area (Å²) in [7, 11) is 0. The maximum absolute atomic E-state index is 13.1. The molecule has 0 radical (unpaired) electrons. The van der Waals surface area contributed by atoms with Gasteiger partial charge in [-0.1, -0.05) is 42.5 Å². The van der Waals surface area contributed by atoms with Crippen LogP contribution in [0.2, 0.25) is 0 Å². The van der Waals surface area contributed by atoms with E-state index >= 15 is 0 Å². The Morgan fingerprint density at radius 2 is 1.78 bits per heavy atom. The number of benzene rings is 2. The van der Waals surface area contributed by atoms with Crippen LogP contribution in [-0.2, 0) is 31.6 Å². The summed E-state index contributed by atoms with van der Waals surface area (Å²) in [5.74, 6) is 0.455. The van der Waals surface area contributed by atoms with E-state index in [1.54, 1.807) is 23.9 Å². The number of aryl methyl sites for hydroxylation is 1. The third kappa shape index (κ3) is 4.14. The molecule has 138 valence electrons. The lowest BCUT2D eigenvalue weighted by molar-refractivity contribution is 0.607. The molecule has 3 aromatic rings. The van der Waals surface area contributed by atoms with Crippen molar-refractivity contribution in [3.63, 3.8) is 0 Å². The predicted molar refractivity (Wildman–Crippen MR) is 107 cm³/mol. The molecule has 0 unspecified atom stereocenters. The van der Waals surface area contributed by atoms with Gasteiger partial charge < -0.3 is 0 Å². The van der Waals surface area contributed by atoms with Gasteiger partial charge in [0.25, 0.3) is 0 Å². The maximum atomic E-state index is 13.1. The Morgan fingerprint density at radius 1 is 1.00 bits per heavy atom. The Balaban J connectivity index is 1.54. The van der Waals surface area contributed by atoms with E-state index in [9.17, 15) is 9.18 Å². The fourth-order valence-corrected chi connectivity index (χ4v) is 4.59. The van der Waals surface area contributed by atoms with Gasteiger partial charge in [-0.2, -0.15) is 4.98 Å². The van der Waals surface area contributed by atoms with Gasteiger partial charge in [0.1, 0.15) is 10.8 Å². The summed E-state index contributed by atoms with van der Waals surface area (Å²) < 4.78 is 14.9. The highest BCUT2D eigenvalue weighted by atomic mass is 32.2. The SMILES string of the molecule is O=c1nc(SCc2ccc(F)cc2)c2c(n1CCc1ccccc1)CCC2. The molecular formula is C22H21FN2OS. The Kier molecular flexibility index (Phi) is 5.39. The van der Waals surface area contributed by atoms with Crippen molar-refractivity contribution in [2.45, 2.75) is 43.0 Å². The number of halogens is 1. The third-order valence-corrected chi connectivity index (χ3v) is 6.05. The molecule has 2 aromatic carbocycles. The van der Waals surface area contributed by atoms with Gasteiger partial charge in [-0.05, 0) is 48.9 Å². The van der Waals surface area contributed by atoms with Crippen LogP contribution in [0.1, 0.15) is 28.8 Å². The Labute approximate surface area is 162 Å². The predicted octanol–water partition coefficient (Wildman–Crippen LogP) is 4.41. The molecule has 0 spiro atoms. The average molecular weight is 380 g/mol. The molecule has 1 aliphatic rings. The van der Waals surface area contributed by atoms with Crippen LogP contribution in [0.15, 0.2) is 64.4 Å². The first-order valence-corrected chi connectivity index (χ1v) is 10.2. The lowest BCUT2D eigenvalue weighted by Gasteiger charge is -2.14. The maximum Gasteiger partial charge on any atom is 0.348 e. The number of hydrogen-bond donors (Lipinski definition) is 0. The van der Waals surface area contributed by atoms with Crippen molar-refractivity contribution in [1.29, 1.82) is 0 Å². The molecule has 0 fully saturated rings. The molecule has 0 saturated heterocycles. The van der Waals surface area contributed by atoms with Gasteiger partial charge in [-0.25, -0.2) is 9.18 Å². The van der Waals surface area contributed by atoms with Crippen LogP contribution in [-0.4, -0.2) is 9.55 Å². The molecule has 5 heteroatoms. The highest BCUT2D eigenvalue weighted by molar-refractivity contribution is 7.98. The number of hydrogen-bond acceptors (Lipinski definition) is 3. The second-order valence-corrected chi connectivity index (χ2v) is 7.74. The second kappa shape index (κ2) is 8.09. The van der Waals surface area contributed by atoms with Crippen LogP contribution in [0.3, 0.4) is 0 Å². The molecule has 1 heterocycles. The van der Waals surface area contributed by atoms with Crippen molar-refractivity contribution in [3.05, 3.63) is 93.3 Å². The van der Waals surface area contributed by atoms with E-state index in [2.05, 4.69) is 17.1 Å². The van der Waals surface area contributed by atoms with E-state index < -0.39 is 0 Å². The fraction of sp³-hybridized carbons (Fsp3) is 0.273. The summed E-state index contributed by atoms with van der Waals surface area (Å²) >= 11 is 1.58. The minimum absolute atomic E-state index is 0.159. The highest BCUT2D eigenvalue weighted by Gasteiger charge is 2.21. The van der Waals surface area contributed by atoms with Gasteiger partial charge in [0.05, 0.1) is 0 Å². The zero-order chi connectivity index (χ0) is 18.6. The van der Waals surface area contributed by atoms with Crippen LogP contribution in [0.25, 0.3) is 0 Å². The lowest BCUT2D eigenvalue weighted by Crippen LogP contribution is -2.28. The monoisotopic (exact) mass is 380 g/mol. The lowest BCUT2D eigenvalue weighted by atomic mass is 10.1. The number of nitrogens with zero attached hydrogens (tertiary/aromatic N) is 2. The van der Waals surface area contributed by atoms with Crippen LogP contribution in [0.5, 0.6) is 0 Å². The molecule has 0 bridgehead atoms. The summed E-state index contributed by atoms with van der Waals surface area (Å²) in [4.78, 5) is 17.1. The van der Waals surface area contributed by atoms with E-state index in [0.717, 1.165) is 42.0 Å². The molecule has 0 aliphatic heterocycles. The van der Waals surface area contributed by atoms with Crippen molar-refractivity contribution in [3.8, 4) is 0 Å². The number of fused-ring (bicyclic) bond motifs is 1. The van der Waals surface area contributed by atoms with Crippen LogP contribution >= 0.6 is 11.8 Å². The Bertz CT molecular complexity index is 984. The summed E-state index contributed by atoms with van der Waals surface area (Å²) in [6.07, 6.45) is 3.80. The summed E-state index contributed by atoms with van der Waals surface area (Å²) in [5, 5.41) is 0.841. The van der Waals surface area contributed by atoms with E-state index in [0.29, 0.717) is 12.3 Å². The number of thioether (sulfide) groups is 1. The minimum Gasteiger partial charge on any atom is -0.296 e. The van der Waals surface area contributed by atoms with E-state index in [1.807, 2.05) is 22.8 Å². The van der Waals surface area contributed by atoms with Gasteiger partial charge in [0, 0.05) is 23.6 Å². The van der Waals surface area contributed by atoms with Crippen LogP contribution in [0, 0.1) is 5.82 Å². The van der Waals surface area contributed by atoms with E-state index in [4.69, 9.17) is 0 Å². The fourth-order valence-electron chi connectivity index (χ4n) is 3.55. The van der Waals surface area contributed by atoms with Crippen LogP contribution < -0.4 is 5.69 Å². The van der Waals surface area contributed by atoms with Gasteiger partial charge in [-0.3, -0.25) is 4.57 Å². The first kappa shape index (κ1) is 18.0. The molecule has 0 saturated carbocycles. The zero-order valence-electron chi connectivity index (χ0n) is 15.0. The summed E-state index contributed by atoms with van der Waals surface area (Å²) in [6.45, 7) is 0.668. The van der Waals surface area contributed by atoms with Crippen molar-refractivity contribution in [2.75, 3.05) is 0 Å². The average Bonchev–Trinajstić information content (AvgIpc) is 3.17. The van der Waals surface area contributed by atoms with Gasteiger partial charge >= 0.3 is 5.69 Å². The second-order valence-electron chi connectivity index (χ2n) is 6.78.